The first-order valence-corrected chi connectivity index (χ1v) is 12.1. The van der Waals surface area contributed by atoms with Crippen molar-refractivity contribution in [3.8, 4) is 17.2 Å². The van der Waals surface area contributed by atoms with Crippen LogP contribution in [0.25, 0.3) is 6.08 Å². The molecular formula is C26H23F3N2O6S. The number of nitrogens with zero attached hydrogens (tertiary/aromatic N) is 2. The second-order valence-corrected chi connectivity index (χ2v) is 8.94. The summed E-state index contributed by atoms with van der Waals surface area (Å²) >= 11 is 0.768. The van der Waals surface area contributed by atoms with Gasteiger partial charge in [-0.2, -0.15) is 13.2 Å². The van der Waals surface area contributed by atoms with Gasteiger partial charge in [0.2, 0.25) is 5.75 Å². The fourth-order valence-corrected chi connectivity index (χ4v) is 5.13. The van der Waals surface area contributed by atoms with Crippen molar-refractivity contribution < 1.29 is 36.9 Å². The summed E-state index contributed by atoms with van der Waals surface area (Å²) in [5.74, 6) is -0.197. The van der Waals surface area contributed by atoms with Gasteiger partial charge < -0.3 is 18.9 Å². The molecule has 0 amide bonds. The number of hydrogen-bond acceptors (Lipinski definition) is 8. The van der Waals surface area contributed by atoms with E-state index in [-0.39, 0.29) is 15.9 Å². The Kier molecular flexibility index (Phi) is 7.63. The molecule has 1 unspecified atom stereocenters. The maximum atomic E-state index is 14.2. The topological polar surface area (TPSA) is 88.4 Å². The van der Waals surface area contributed by atoms with E-state index in [4.69, 9.17) is 18.9 Å². The van der Waals surface area contributed by atoms with E-state index in [2.05, 4.69) is 4.99 Å². The summed E-state index contributed by atoms with van der Waals surface area (Å²) in [6, 6.07) is 9.77. The van der Waals surface area contributed by atoms with Gasteiger partial charge in [-0.15, -0.1) is 0 Å². The summed E-state index contributed by atoms with van der Waals surface area (Å²) in [5.41, 5.74) is -2.00. The van der Waals surface area contributed by atoms with Crippen LogP contribution in [0.3, 0.4) is 0 Å². The van der Waals surface area contributed by atoms with Crippen molar-refractivity contribution >= 4 is 23.4 Å². The lowest BCUT2D eigenvalue weighted by Crippen LogP contribution is -2.41. The maximum Gasteiger partial charge on any atom is 0.434 e. The quantitative estimate of drug-likeness (QED) is 0.421. The smallest absolute Gasteiger partial charge is 0.434 e. The number of aromatic nitrogens is 1. The van der Waals surface area contributed by atoms with Gasteiger partial charge >= 0.3 is 12.1 Å². The predicted molar refractivity (Wildman–Crippen MR) is 133 cm³/mol. The Labute approximate surface area is 218 Å². The van der Waals surface area contributed by atoms with E-state index >= 15 is 0 Å². The van der Waals surface area contributed by atoms with Gasteiger partial charge in [-0.05, 0) is 36.3 Å². The Bertz CT molecular complexity index is 1550. The first-order valence-electron chi connectivity index (χ1n) is 11.3. The van der Waals surface area contributed by atoms with Crippen LogP contribution in [0.1, 0.15) is 24.1 Å². The summed E-state index contributed by atoms with van der Waals surface area (Å²) in [6.45, 7) is 1.33. The molecule has 4 rings (SSSR count). The Hall–Kier alpha value is -4.06. The molecule has 0 aliphatic carbocycles. The number of hydrogen-bond donors (Lipinski definition) is 0. The Morgan fingerprint density at radius 1 is 1.08 bits per heavy atom. The lowest BCUT2D eigenvalue weighted by atomic mass is 9.95. The van der Waals surface area contributed by atoms with Gasteiger partial charge in [-0.3, -0.25) is 9.36 Å². The summed E-state index contributed by atoms with van der Waals surface area (Å²) in [4.78, 5) is 30.1. The average molecular weight is 549 g/mol. The highest BCUT2D eigenvalue weighted by molar-refractivity contribution is 7.07. The van der Waals surface area contributed by atoms with Crippen molar-refractivity contribution in [1.29, 1.82) is 0 Å². The minimum atomic E-state index is -4.97. The molecule has 1 aliphatic rings. The first kappa shape index (κ1) is 27.0. The molecule has 0 saturated carbocycles. The molecule has 200 valence electrons. The van der Waals surface area contributed by atoms with E-state index in [0.29, 0.717) is 28.4 Å². The third kappa shape index (κ3) is 4.91. The molecule has 0 bridgehead atoms. The molecule has 38 heavy (non-hydrogen) atoms. The molecule has 8 nitrogen and oxygen atoms in total. The van der Waals surface area contributed by atoms with Crippen molar-refractivity contribution in [3.05, 3.63) is 84.5 Å². The maximum absolute atomic E-state index is 14.2. The van der Waals surface area contributed by atoms with Crippen LogP contribution in [0.5, 0.6) is 17.2 Å². The highest BCUT2D eigenvalue weighted by Gasteiger charge is 2.45. The van der Waals surface area contributed by atoms with E-state index in [0.717, 1.165) is 15.9 Å². The molecule has 12 heteroatoms. The van der Waals surface area contributed by atoms with Crippen LogP contribution in [-0.2, 0) is 9.53 Å². The second kappa shape index (κ2) is 10.7. The van der Waals surface area contributed by atoms with Crippen molar-refractivity contribution in [2.24, 2.45) is 4.99 Å². The van der Waals surface area contributed by atoms with Crippen LogP contribution < -0.4 is 29.1 Å². The molecule has 0 radical (unpaired) electrons. The standard InChI is InChI=1S/C26H23F3N2O6S/c1-5-37-24(33)19-20(15-9-7-6-8-10-15)31-23(32)18(38-25(31)30-22(19)26(27,28)29)13-14-11-16(34-2)21(36-4)17(12-14)35-3/h6-13,20H,5H2,1-4H3/b18-13+. The van der Waals surface area contributed by atoms with Crippen LogP contribution in [0, 0.1) is 0 Å². The number of allylic oxidation sites excluding steroid dienone is 1. The molecule has 2 heterocycles. The fraction of sp³-hybridized carbons (Fsp3) is 0.269. The number of ether oxygens (including phenoxy) is 4. The molecule has 1 aliphatic heterocycles. The van der Waals surface area contributed by atoms with E-state index < -0.39 is 35.0 Å². The van der Waals surface area contributed by atoms with Crippen LogP contribution >= 0.6 is 11.3 Å². The zero-order valence-electron chi connectivity index (χ0n) is 20.8. The molecule has 1 atom stereocenters. The molecule has 1 aromatic heterocycles. The largest absolute Gasteiger partial charge is 0.493 e. The minimum absolute atomic E-state index is 0.0885. The van der Waals surface area contributed by atoms with E-state index in [9.17, 15) is 22.8 Å². The first-order chi connectivity index (χ1) is 18.1. The van der Waals surface area contributed by atoms with Gasteiger partial charge in [0.05, 0.1) is 44.1 Å². The van der Waals surface area contributed by atoms with Crippen LogP contribution in [0.4, 0.5) is 13.2 Å². The number of carbonyl (C=O) groups is 1. The summed E-state index contributed by atoms with van der Waals surface area (Å²) in [5, 5.41) is 0. The predicted octanol–water partition coefficient (Wildman–Crippen LogP) is 3.37. The average Bonchev–Trinajstić information content (AvgIpc) is 3.21. The highest BCUT2D eigenvalue weighted by Crippen LogP contribution is 2.39. The van der Waals surface area contributed by atoms with Gasteiger partial charge in [0.15, 0.2) is 22.0 Å². The number of fused-ring (bicyclic) bond motifs is 1. The third-order valence-electron chi connectivity index (χ3n) is 5.70. The van der Waals surface area contributed by atoms with Gasteiger partial charge in [-0.1, -0.05) is 41.7 Å². The number of benzene rings is 2. The molecule has 0 saturated heterocycles. The van der Waals surface area contributed by atoms with Gasteiger partial charge in [0.1, 0.15) is 0 Å². The lowest BCUT2D eigenvalue weighted by molar-refractivity contribution is -0.140. The van der Waals surface area contributed by atoms with Crippen LogP contribution in [0.2, 0.25) is 0 Å². The number of esters is 1. The van der Waals surface area contributed by atoms with Crippen molar-refractivity contribution in [3.63, 3.8) is 0 Å². The van der Waals surface area contributed by atoms with Crippen molar-refractivity contribution in [2.75, 3.05) is 27.9 Å². The Morgan fingerprint density at radius 3 is 2.24 bits per heavy atom. The number of thiazole rings is 1. The number of alkyl halides is 3. The Morgan fingerprint density at radius 2 is 1.71 bits per heavy atom. The number of halogens is 3. The summed E-state index contributed by atoms with van der Waals surface area (Å²) in [7, 11) is 4.32. The second-order valence-electron chi connectivity index (χ2n) is 7.93. The van der Waals surface area contributed by atoms with Gasteiger partial charge in [0.25, 0.3) is 5.56 Å². The van der Waals surface area contributed by atoms with Gasteiger partial charge in [0, 0.05) is 0 Å². The minimum Gasteiger partial charge on any atom is -0.493 e. The van der Waals surface area contributed by atoms with E-state index in [1.54, 1.807) is 42.5 Å². The van der Waals surface area contributed by atoms with E-state index in [1.807, 2.05) is 0 Å². The van der Waals surface area contributed by atoms with E-state index in [1.165, 1.54) is 34.3 Å². The SMILES string of the molecule is CCOC(=O)C1=C(C(F)(F)F)N=c2s/c(=C/c3cc(OC)c(OC)c(OC)c3)c(=O)n2C1c1ccccc1. The number of methoxy groups -OCH3 is 3. The van der Waals surface area contributed by atoms with Gasteiger partial charge in [-0.25, -0.2) is 9.79 Å². The number of rotatable bonds is 7. The normalized spacial score (nSPS) is 15.6. The summed E-state index contributed by atoms with van der Waals surface area (Å²) in [6.07, 6.45) is -3.49. The lowest BCUT2D eigenvalue weighted by Gasteiger charge is -2.26. The van der Waals surface area contributed by atoms with Crippen LogP contribution in [0.15, 0.2) is 63.5 Å². The van der Waals surface area contributed by atoms with Crippen molar-refractivity contribution in [2.45, 2.75) is 19.1 Å². The molecule has 0 spiro atoms. The number of carbonyl (C=O) groups excluding carboxylic acids is 1. The highest BCUT2D eigenvalue weighted by atomic mass is 32.1. The third-order valence-corrected chi connectivity index (χ3v) is 6.68. The zero-order chi connectivity index (χ0) is 27.6. The molecule has 0 N–H and O–H groups in total. The fourth-order valence-electron chi connectivity index (χ4n) is 4.13. The monoisotopic (exact) mass is 548 g/mol. The van der Waals surface area contributed by atoms with Crippen LogP contribution in [-0.4, -0.2) is 44.6 Å². The Balaban J connectivity index is 2.03. The molecular weight excluding hydrogens is 525 g/mol. The zero-order valence-corrected chi connectivity index (χ0v) is 21.6. The molecule has 3 aromatic rings. The summed E-state index contributed by atoms with van der Waals surface area (Å²) < 4.78 is 64.7. The molecule has 0 fully saturated rings. The van der Waals surface area contributed by atoms with Crippen molar-refractivity contribution in [1.82, 2.24) is 4.57 Å². The molecule has 2 aromatic carbocycles.